The minimum absolute atomic E-state index is 0.424. The van der Waals surface area contributed by atoms with E-state index in [1.165, 1.54) is 12.8 Å². The first-order chi connectivity index (χ1) is 7.33. The molecule has 2 unspecified atom stereocenters. The van der Waals surface area contributed by atoms with Crippen LogP contribution in [0.3, 0.4) is 0 Å². The maximum Gasteiger partial charge on any atom is 0.184 e. The molecule has 82 valence electrons. The lowest BCUT2D eigenvalue weighted by molar-refractivity contribution is 0.0898. The fourth-order valence-electron chi connectivity index (χ4n) is 2.13. The zero-order chi connectivity index (χ0) is 10.3. The van der Waals surface area contributed by atoms with E-state index in [4.69, 9.17) is 4.74 Å². The Morgan fingerprint density at radius 2 is 2.33 bits per heavy atom. The van der Waals surface area contributed by atoms with E-state index in [2.05, 4.69) is 26.2 Å². The molecule has 1 N–H and O–H groups in total. The first-order valence-corrected chi connectivity index (χ1v) is 6.99. The van der Waals surface area contributed by atoms with Crippen LogP contribution in [0, 0.1) is 5.92 Å². The second-order valence-electron chi connectivity index (χ2n) is 4.19. The third-order valence-electron chi connectivity index (χ3n) is 3.01. The summed E-state index contributed by atoms with van der Waals surface area (Å²) < 4.78 is 6.68. The van der Waals surface area contributed by atoms with Crippen LogP contribution in [-0.2, 0) is 4.74 Å². The van der Waals surface area contributed by atoms with Gasteiger partial charge in [-0.25, -0.2) is 4.98 Å². The Bertz CT molecular complexity index is 353. The summed E-state index contributed by atoms with van der Waals surface area (Å²) in [6, 6.07) is 0.468. The standard InChI is InChI=1S/C10H13BrN2OS/c11-8-5-15-10(13-8)12-7-3-4-14-9(7)6-1-2-6/h5-7,9H,1-4H2,(H,12,13). The van der Waals surface area contributed by atoms with Gasteiger partial charge in [0.2, 0.25) is 0 Å². The van der Waals surface area contributed by atoms with Crippen molar-refractivity contribution in [3.8, 4) is 0 Å². The van der Waals surface area contributed by atoms with Crippen molar-refractivity contribution in [1.29, 1.82) is 0 Å². The molecule has 2 fully saturated rings. The van der Waals surface area contributed by atoms with Gasteiger partial charge in [-0.05, 0) is 41.1 Å². The Morgan fingerprint density at radius 1 is 1.47 bits per heavy atom. The van der Waals surface area contributed by atoms with Gasteiger partial charge in [-0.15, -0.1) is 11.3 Å². The smallest absolute Gasteiger partial charge is 0.184 e. The van der Waals surface area contributed by atoms with Gasteiger partial charge in [0.1, 0.15) is 4.60 Å². The van der Waals surface area contributed by atoms with Crippen LogP contribution < -0.4 is 5.32 Å². The fourth-order valence-corrected chi connectivity index (χ4v) is 3.34. The van der Waals surface area contributed by atoms with Gasteiger partial charge in [-0.3, -0.25) is 0 Å². The number of ether oxygens (including phenoxy) is 1. The van der Waals surface area contributed by atoms with Crippen molar-refractivity contribution in [3.05, 3.63) is 9.98 Å². The van der Waals surface area contributed by atoms with Crippen molar-refractivity contribution >= 4 is 32.4 Å². The monoisotopic (exact) mass is 288 g/mol. The van der Waals surface area contributed by atoms with Gasteiger partial charge in [0.25, 0.3) is 0 Å². The van der Waals surface area contributed by atoms with Crippen molar-refractivity contribution in [2.45, 2.75) is 31.4 Å². The number of rotatable bonds is 3. The van der Waals surface area contributed by atoms with Crippen molar-refractivity contribution in [3.63, 3.8) is 0 Å². The molecule has 1 aliphatic heterocycles. The SMILES string of the molecule is Brc1csc(NC2CCOC2C2CC2)n1. The van der Waals surface area contributed by atoms with Crippen molar-refractivity contribution in [2.75, 3.05) is 11.9 Å². The molecule has 0 radical (unpaired) electrons. The molecule has 1 aromatic heterocycles. The van der Waals surface area contributed by atoms with E-state index < -0.39 is 0 Å². The zero-order valence-corrected chi connectivity index (χ0v) is 10.7. The van der Waals surface area contributed by atoms with E-state index in [0.717, 1.165) is 28.7 Å². The number of nitrogens with zero attached hydrogens (tertiary/aromatic N) is 1. The normalized spacial score (nSPS) is 30.7. The summed E-state index contributed by atoms with van der Waals surface area (Å²) in [5.41, 5.74) is 0. The van der Waals surface area contributed by atoms with Gasteiger partial charge in [0, 0.05) is 12.0 Å². The molecule has 0 amide bonds. The van der Waals surface area contributed by atoms with Gasteiger partial charge >= 0.3 is 0 Å². The number of anilines is 1. The summed E-state index contributed by atoms with van der Waals surface area (Å²) in [6.07, 6.45) is 4.21. The van der Waals surface area contributed by atoms with Crippen LogP contribution in [0.25, 0.3) is 0 Å². The molecule has 1 saturated carbocycles. The number of hydrogen-bond acceptors (Lipinski definition) is 4. The highest BCUT2D eigenvalue weighted by Crippen LogP contribution is 2.39. The molecule has 1 aliphatic carbocycles. The Hall–Kier alpha value is -0.130. The molecule has 3 rings (SSSR count). The molecular formula is C10H13BrN2OS. The average Bonchev–Trinajstić information content (AvgIpc) is 2.83. The van der Waals surface area contributed by atoms with Crippen molar-refractivity contribution < 1.29 is 4.74 Å². The second kappa shape index (κ2) is 4.03. The summed E-state index contributed by atoms with van der Waals surface area (Å²) in [6.45, 7) is 0.894. The predicted molar refractivity (Wildman–Crippen MR) is 64.3 cm³/mol. The Labute approximate surface area is 101 Å². The van der Waals surface area contributed by atoms with Gasteiger partial charge in [0.05, 0.1) is 12.1 Å². The highest BCUT2D eigenvalue weighted by molar-refractivity contribution is 9.10. The molecule has 3 nitrogen and oxygen atoms in total. The lowest BCUT2D eigenvalue weighted by Gasteiger charge is -2.18. The zero-order valence-electron chi connectivity index (χ0n) is 8.28. The first kappa shape index (κ1) is 10.1. The van der Waals surface area contributed by atoms with Crippen molar-refractivity contribution in [2.24, 2.45) is 5.92 Å². The van der Waals surface area contributed by atoms with Gasteiger partial charge < -0.3 is 10.1 Å². The van der Waals surface area contributed by atoms with Gasteiger partial charge in [-0.2, -0.15) is 0 Å². The van der Waals surface area contributed by atoms with E-state index in [-0.39, 0.29) is 0 Å². The number of nitrogens with one attached hydrogen (secondary N) is 1. The lowest BCUT2D eigenvalue weighted by Crippen LogP contribution is -2.30. The quantitative estimate of drug-likeness (QED) is 0.929. The first-order valence-electron chi connectivity index (χ1n) is 5.32. The van der Waals surface area contributed by atoms with Crippen LogP contribution in [0.5, 0.6) is 0 Å². The summed E-state index contributed by atoms with van der Waals surface area (Å²) >= 11 is 5.01. The Morgan fingerprint density at radius 3 is 3.00 bits per heavy atom. The van der Waals surface area contributed by atoms with Crippen LogP contribution in [0.4, 0.5) is 5.13 Å². The van der Waals surface area contributed by atoms with Gasteiger partial charge in [-0.1, -0.05) is 0 Å². The summed E-state index contributed by atoms with van der Waals surface area (Å²) in [5, 5.41) is 6.49. The summed E-state index contributed by atoms with van der Waals surface area (Å²) in [5.74, 6) is 0.799. The van der Waals surface area contributed by atoms with E-state index in [9.17, 15) is 0 Å². The molecule has 15 heavy (non-hydrogen) atoms. The largest absolute Gasteiger partial charge is 0.376 e. The Balaban J connectivity index is 1.66. The van der Waals surface area contributed by atoms with Crippen LogP contribution in [0.15, 0.2) is 9.98 Å². The highest BCUT2D eigenvalue weighted by Gasteiger charge is 2.40. The minimum atomic E-state index is 0.424. The minimum Gasteiger partial charge on any atom is -0.376 e. The molecule has 2 aliphatic rings. The lowest BCUT2D eigenvalue weighted by atomic mass is 10.1. The van der Waals surface area contributed by atoms with Crippen LogP contribution >= 0.6 is 27.3 Å². The third kappa shape index (κ3) is 2.19. The average molecular weight is 289 g/mol. The molecular weight excluding hydrogens is 276 g/mol. The van der Waals surface area contributed by atoms with E-state index in [1.807, 2.05) is 5.38 Å². The number of halogens is 1. The third-order valence-corrected chi connectivity index (χ3v) is 4.49. The number of thiazole rings is 1. The maximum atomic E-state index is 5.77. The fraction of sp³-hybridized carbons (Fsp3) is 0.700. The van der Waals surface area contributed by atoms with E-state index in [0.29, 0.717) is 12.1 Å². The molecule has 0 spiro atoms. The number of aromatic nitrogens is 1. The topological polar surface area (TPSA) is 34.1 Å². The van der Waals surface area contributed by atoms with E-state index in [1.54, 1.807) is 11.3 Å². The van der Waals surface area contributed by atoms with Crippen LogP contribution in [0.2, 0.25) is 0 Å². The van der Waals surface area contributed by atoms with E-state index >= 15 is 0 Å². The maximum absolute atomic E-state index is 5.77. The van der Waals surface area contributed by atoms with Crippen LogP contribution in [-0.4, -0.2) is 23.7 Å². The highest BCUT2D eigenvalue weighted by atomic mass is 79.9. The molecule has 1 aromatic rings. The molecule has 5 heteroatoms. The molecule has 1 saturated heterocycles. The second-order valence-corrected chi connectivity index (χ2v) is 5.86. The summed E-state index contributed by atoms with van der Waals surface area (Å²) in [7, 11) is 0. The number of hydrogen-bond donors (Lipinski definition) is 1. The van der Waals surface area contributed by atoms with Gasteiger partial charge in [0.15, 0.2) is 5.13 Å². The molecule has 2 heterocycles. The molecule has 0 aromatic carbocycles. The summed E-state index contributed by atoms with van der Waals surface area (Å²) in [4.78, 5) is 4.36. The van der Waals surface area contributed by atoms with Crippen LogP contribution in [0.1, 0.15) is 19.3 Å². The predicted octanol–water partition coefficient (Wildman–Crippen LogP) is 2.89. The Kier molecular flexibility index (Phi) is 2.70. The molecule has 0 bridgehead atoms. The van der Waals surface area contributed by atoms with Crippen molar-refractivity contribution in [1.82, 2.24) is 4.98 Å². The molecule has 2 atom stereocenters.